The average Bonchev–Trinajstić information content (AvgIpc) is 3.92. The third-order valence-corrected chi connectivity index (χ3v) is 20.2. The summed E-state index contributed by atoms with van der Waals surface area (Å²) in [5, 5.41) is 6.40. The van der Waals surface area contributed by atoms with Crippen molar-refractivity contribution in [2.45, 2.75) is 78.6 Å². The Morgan fingerprint density at radius 2 is 0.918 bits per heavy atom. The van der Waals surface area contributed by atoms with E-state index in [4.69, 9.17) is 14.2 Å². The number of hydrogen-bond acceptors (Lipinski definition) is 10. The number of anilines is 6. The van der Waals surface area contributed by atoms with Crippen molar-refractivity contribution in [3.63, 3.8) is 0 Å². The minimum absolute atomic E-state index is 0.0159. The second kappa shape index (κ2) is 14.9. The minimum Gasteiger partial charge on any atom is -0.458 e. The SMILES string of the molecule is CSN1c2cc3c(cc2B2c4cc5c(cc4N(SC)c4cc(C(C)(C)C)cc1c42)Oc1cc(C(C)(C)C)cc2c1B5c1sc4ccccc4c1O2)B1c2sc4ccccc4c2Oc2cc(C(C)(C)C)cc(c21)N3. The molecule has 73 heavy (non-hydrogen) atoms. The first-order chi connectivity index (χ1) is 35.0. The van der Waals surface area contributed by atoms with Crippen LogP contribution >= 0.6 is 46.6 Å². The molecule has 15 rings (SSSR count). The molecule has 0 radical (unpaired) electrons. The lowest BCUT2D eigenvalue weighted by atomic mass is 9.30. The van der Waals surface area contributed by atoms with Gasteiger partial charge in [0.15, 0.2) is 0 Å². The van der Waals surface area contributed by atoms with Crippen LogP contribution in [0.1, 0.15) is 79.0 Å². The zero-order chi connectivity index (χ0) is 49.9. The molecule has 0 bridgehead atoms. The molecule has 0 atom stereocenters. The topological polar surface area (TPSA) is 46.2 Å². The maximum absolute atomic E-state index is 7.28. The highest BCUT2D eigenvalue weighted by Gasteiger charge is 2.50. The molecule has 7 aromatic carbocycles. The fourth-order valence-corrected chi connectivity index (χ4v) is 16.5. The van der Waals surface area contributed by atoms with E-state index in [0.29, 0.717) is 0 Å². The van der Waals surface area contributed by atoms with Crippen molar-refractivity contribution in [1.82, 2.24) is 0 Å². The van der Waals surface area contributed by atoms with Crippen LogP contribution < -0.4 is 75.9 Å². The van der Waals surface area contributed by atoms with Gasteiger partial charge in [-0.05, 0) is 156 Å². The maximum Gasteiger partial charge on any atom is 0.273 e. The van der Waals surface area contributed by atoms with Crippen LogP contribution in [0.2, 0.25) is 0 Å². The van der Waals surface area contributed by atoms with Crippen LogP contribution in [0.15, 0.2) is 109 Å². The molecule has 6 nitrogen and oxygen atoms in total. The fraction of sp³-hybridized carbons (Fsp3) is 0.233. The van der Waals surface area contributed by atoms with Gasteiger partial charge in [-0.1, -0.05) is 98.7 Å². The quantitative estimate of drug-likeness (QED) is 0.136. The Morgan fingerprint density at radius 1 is 0.438 bits per heavy atom. The summed E-state index contributed by atoms with van der Waals surface area (Å²) in [5.41, 5.74) is 19.3. The second-order valence-corrected chi connectivity index (χ2v) is 27.3. The molecule has 0 aliphatic carbocycles. The third kappa shape index (κ3) is 6.17. The Morgan fingerprint density at radius 3 is 1.48 bits per heavy atom. The van der Waals surface area contributed by atoms with Gasteiger partial charge in [-0.25, -0.2) is 0 Å². The number of ether oxygens (including phenoxy) is 3. The van der Waals surface area contributed by atoms with Gasteiger partial charge in [-0.2, -0.15) is 0 Å². The highest BCUT2D eigenvalue weighted by molar-refractivity contribution is 8.00. The number of benzene rings is 7. The first-order valence-corrected chi connectivity index (χ1v) is 29.4. The van der Waals surface area contributed by atoms with E-state index in [-0.39, 0.29) is 36.4 Å². The van der Waals surface area contributed by atoms with Gasteiger partial charge < -0.3 is 19.5 Å². The summed E-state index contributed by atoms with van der Waals surface area (Å²) in [4.78, 5) is 0. The van der Waals surface area contributed by atoms with E-state index in [9.17, 15) is 0 Å². The Balaban J connectivity index is 1.01. The average molecular weight is 1020 g/mol. The molecule has 0 spiro atoms. The van der Waals surface area contributed by atoms with E-state index in [2.05, 4.69) is 198 Å². The molecule has 6 aliphatic rings. The lowest BCUT2D eigenvalue weighted by Gasteiger charge is -2.45. The van der Waals surface area contributed by atoms with Crippen molar-refractivity contribution >= 4 is 169 Å². The van der Waals surface area contributed by atoms with E-state index >= 15 is 0 Å². The van der Waals surface area contributed by atoms with Crippen molar-refractivity contribution in [2.24, 2.45) is 0 Å². The van der Waals surface area contributed by atoms with Crippen molar-refractivity contribution in [1.29, 1.82) is 0 Å². The van der Waals surface area contributed by atoms with Crippen molar-refractivity contribution in [3.05, 3.63) is 126 Å². The van der Waals surface area contributed by atoms with E-state index in [1.54, 1.807) is 23.9 Å². The molecule has 0 saturated heterocycles. The highest BCUT2D eigenvalue weighted by Crippen LogP contribution is 2.49. The number of thiophene rings is 2. The minimum atomic E-state index is -0.112. The highest BCUT2D eigenvalue weighted by atomic mass is 32.2. The number of nitrogens with one attached hydrogen (secondary N) is 1. The van der Waals surface area contributed by atoms with E-state index in [1.165, 1.54) is 96.6 Å². The molecule has 0 unspecified atom stereocenters. The van der Waals surface area contributed by atoms with Crippen LogP contribution in [0.3, 0.4) is 0 Å². The lowest BCUT2D eigenvalue weighted by Crippen LogP contribution is -2.65. The summed E-state index contributed by atoms with van der Waals surface area (Å²) in [7, 11) is 0. The van der Waals surface area contributed by atoms with E-state index in [0.717, 1.165) is 56.7 Å². The van der Waals surface area contributed by atoms with Crippen molar-refractivity contribution in [2.75, 3.05) is 26.4 Å². The molecular formula is C60H52B3N3O3S4. The van der Waals surface area contributed by atoms with Gasteiger partial charge in [0.1, 0.15) is 34.5 Å². The van der Waals surface area contributed by atoms with Crippen LogP contribution in [0.5, 0.6) is 34.5 Å². The third-order valence-electron chi connectivity index (χ3n) is 16.3. The van der Waals surface area contributed by atoms with Crippen LogP contribution in [-0.2, 0) is 16.2 Å². The van der Waals surface area contributed by atoms with Gasteiger partial charge in [0.05, 0.1) is 17.1 Å². The van der Waals surface area contributed by atoms with Gasteiger partial charge >= 0.3 is 0 Å². The molecule has 2 aromatic heterocycles. The van der Waals surface area contributed by atoms with Crippen molar-refractivity contribution in [3.8, 4) is 34.5 Å². The predicted molar refractivity (Wildman–Crippen MR) is 321 cm³/mol. The second-order valence-electron chi connectivity index (χ2n) is 23.7. The Labute approximate surface area is 445 Å². The first kappa shape index (κ1) is 44.6. The van der Waals surface area contributed by atoms with Crippen LogP contribution in [0.4, 0.5) is 34.1 Å². The zero-order valence-electron chi connectivity index (χ0n) is 42.9. The van der Waals surface area contributed by atoms with Gasteiger partial charge in [0, 0.05) is 70.8 Å². The summed E-state index contributed by atoms with van der Waals surface area (Å²) in [6.07, 6.45) is 4.45. The van der Waals surface area contributed by atoms with Gasteiger partial charge in [0.2, 0.25) is 0 Å². The molecule has 0 saturated carbocycles. The molecule has 1 N–H and O–H groups in total. The molecule has 0 fully saturated rings. The molecule has 6 aliphatic heterocycles. The molecular weight excluding hydrogens is 971 g/mol. The van der Waals surface area contributed by atoms with E-state index < -0.39 is 0 Å². The Kier molecular flexibility index (Phi) is 9.13. The van der Waals surface area contributed by atoms with Crippen LogP contribution in [0.25, 0.3) is 20.2 Å². The van der Waals surface area contributed by atoms with Crippen LogP contribution in [-0.4, -0.2) is 32.6 Å². The summed E-state index contributed by atoms with van der Waals surface area (Å²) in [6, 6.07) is 41.7. The maximum atomic E-state index is 7.28. The molecule has 13 heteroatoms. The number of rotatable bonds is 2. The fourth-order valence-electron chi connectivity index (χ4n) is 12.6. The largest absolute Gasteiger partial charge is 0.458 e. The van der Waals surface area contributed by atoms with E-state index in [1.807, 2.05) is 22.7 Å². The zero-order valence-corrected chi connectivity index (χ0v) is 46.1. The van der Waals surface area contributed by atoms with Gasteiger partial charge in [0.25, 0.3) is 20.1 Å². The van der Waals surface area contributed by atoms with Crippen LogP contribution in [0, 0.1) is 0 Å². The van der Waals surface area contributed by atoms with Gasteiger partial charge in [-0.3, -0.25) is 8.61 Å². The summed E-state index contributed by atoms with van der Waals surface area (Å²) in [5.74, 6) is 5.59. The predicted octanol–water partition coefficient (Wildman–Crippen LogP) is 11.4. The Bertz CT molecular complexity index is 3730. The number of hydrogen-bond donors (Lipinski definition) is 1. The van der Waals surface area contributed by atoms with Gasteiger partial charge in [-0.15, -0.1) is 22.7 Å². The molecule has 358 valence electrons. The first-order valence-electron chi connectivity index (χ1n) is 25.4. The summed E-state index contributed by atoms with van der Waals surface area (Å²) >= 11 is 7.30. The summed E-state index contributed by atoms with van der Waals surface area (Å²) in [6.45, 7) is 20.5. The molecule has 8 heterocycles. The smallest absolute Gasteiger partial charge is 0.273 e. The summed E-state index contributed by atoms with van der Waals surface area (Å²) < 4.78 is 31.5. The number of nitrogens with zero attached hydrogens (tertiary/aromatic N) is 2. The standard InChI is InChI=1S/C60H52B3N3O3S4/c1-58(2,3)30-20-40-51-46(23-30)68-54-33-16-12-14-18-49(33)72-56(54)62(51)35-26-36-41(28-39(35)64-40)65(70-10)43-21-31(59(4,5)6)22-44-52(43)61(36)37-27-38-45(29-42(37)66(44)71-11)67-47-24-32(60(7,8)9)25-48-53(47)63(38)57-55(69-48)34-17-13-15-19-50(34)73-57/h12-29,64H,1-11H3. The number of fused-ring (bicyclic) bond motifs is 16. The normalized spacial score (nSPS) is 15.2. The van der Waals surface area contributed by atoms with Crippen molar-refractivity contribution < 1.29 is 14.2 Å². The molecule has 9 aromatic rings. The lowest BCUT2D eigenvalue weighted by molar-refractivity contribution is 0.461. The molecule has 0 amide bonds. The monoisotopic (exact) mass is 1020 g/mol. The Hall–Kier alpha value is -5.85.